The fourth-order valence-corrected chi connectivity index (χ4v) is 2.37. The standard InChI is InChI=1S/C13H18O3/c1-15-10-6-9(7-11(8-10)16-2)12-4-3-5-13(12)14/h6-8,12-14H,3-5H2,1-2H3/t12-,13-/m1/s1. The number of benzene rings is 1. The Morgan fingerprint density at radius 1 is 1.06 bits per heavy atom. The van der Waals surface area contributed by atoms with Crippen LogP contribution in [0.4, 0.5) is 0 Å². The van der Waals surface area contributed by atoms with E-state index in [2.05, 4.69) is 0 Å². The molecule has 2 atom stereocenters. The molecule has 1 N–H and O–H groups in total. The average molecular weight is 222 g/mol. The summed E-state index contributed by atoms with van der Waals surface area (Å²) in [5, 5.41) is 9.89. The predicted molar refractivity (Wildman–Crippen MR) is 62.1 cm³/mol. The molecule has 0 spiro atoms. The Labute approximate surface area is 96.0 Å². The molecule has 16 heavy (non-hydrogen) atoms. The minimum Gasteiger partial charge on any atom is -0.497 e. The zero-order valence-electron chi connectivity index (χ0n) is 9.77. The highest BCUT2D eigenvalue weighted by atomic mass is 16.5. The monoisotopic (exact) mass is 222 g/mol. The third kappa shape index (κ3) is 2.14. The zero-order valence-corrected chi connectivity index (χ0v) is 9.77. The van der Waals surface area contributed by atoms with Crippen molar-refractivity contribution < 1.29 is 14.6 Å². The number of ether oxygens (including phenoxy) is 2. The molecule has 1 aliphatic carbocycles. The Bertz CT molecular complexity index is 340. The highest BCUT2D eigenvalue weighted by Gasteiger charge is 2.27. The highest BCUT2D eigenvalue weighted by molar-refractivity contribution is 5.40. The molecule has 0 amide bonds. The fraction of sp³-hybridized carbons (Fsp3) is 0.538. The lowest BCUT2D eigenvalue weighted by molar-refractivity contribution is 0.163. The van der Waals surface area contributed by atoms with E-state index in [0.717, 1.165) is 36.3 Å². The van der Waals surface area contributed by atoms with E-state index in [9.17, 15) is 5.11 Å². The SMILES string of the molecule is COc1cc(OC)cc([C@H]2CCC[C@H]2O)c1. The van der Waals surface area contributed by atoms with Gasteiger partial charge in [0, 0.05) is 12.0 Å². The van der Waals surface area contributed by atoms with Crippen LogP contribution in [0.2, 0.25) is 0 Å². The third-order valence-corrected chi connectivity index (χ3v) is 3.28. The Kier molecular flexibility index (Phi) is 3.34. The smallest absolute Gasteiger partial charge is 0.122 e. The minimum atomic E-state index is -0.225. The first-order valence-corrected chi connectivity index (χ1v) is 5.65. The van der Waals surface area contributed by atoms with E-state index in [4.69, 9.17) is 9.47 Å². The maximum atomic E-state index is 9.89. The summed E-state index contributed by atoms with van der Waals surface area (Å²) in [4.78, 5) is 0. The van der Waals surface area contributed by atoms with Gasteiger partial charge in [0.15, 0.2) is 0 Å². The van der Waals surface area contributed by atoms with Crippen LogP contribution in [0, 0.1) is 0 Å². The predicted octanol–water partition coefficient (Wildman–Crippen LogP) is 2.33. The summed E-state index contributed by atoms with van der Waals surface area (Å²) in [6.07, 6.45) is 2.80. The molecule has 1 aromatic carbocycles. The van der Waals surface area contributed by atoms with Gasteiger partial charge >= 0.3 is 0 Å². The van der Waals surface area contributed by atoms with Gasteiger partial charge < -0.3 is 14.6 Å². The Morgan fingerprint density at radius 3 is 2.12 bits per heavy atom. The van der Waals surface area contributed by atoms with Crippen molar-refractivity contribution in [2.45, 2.75) is 31.3 Å². The quantitative estimate of drug-likeness (QED) is 0.853. The highest BCUT2D eigenvalue weighted by Crippen LogP contribution is 2.37. The van der Waals surface area contributed by atoms with Crippen LogP contribution in [0.25, 0.3) is 0 Å². The Morgan fingerprint density at radius 2 is 1.69 bits per heavy atom. The summed E-state index contributed by atoms with van der Waals surface area (Å²) in [6, 6.07) is 5.83. The van der Waals surface area contributed by atoms with Crippen molar-refractivity contribution in [3.05, 3.63) is 23.8 Å². The van der Waals surface area contributed by atoms with Gasteiger partial charge in [-0.3, -0.25) is 0 Å². The van der Waals surface area contributed by atoms with Crippen LogP contribution in [0.1, 0.15) is 30.7 Å². The lowest BCUT2D eigenvalue weighted by atomic mass is 9.95. The van der Waals surface area contributed by atoms with E-state index in [-0.39, 0.29) is 12.0 Å². The van der Waals surface area contributed by atoms with E-state index in [1.165, 1.54) is 0 Å². The first kappa shape index (κ1) is 11.3. The van der Waals surface area contributed by atoms with E-state index in [0.29, 0.717) is 0 Å². The van der Waals surface area contributed by atoms with Crippen LogP contribution >= 0.6 is 0 Å². The molecule has 1 aliphatic rings. The van der Waals surface area contributed by atoms with Crippen molar-refractivity contribution in [2.24, 2.45) is 0 Å². The number of methoxy groups -OCH3 is 2. The molecule has 2 rings (SSSR count). The summed E-state index contributed by atoms with van der Waals surface area (Å²) in [7, 11) is 3.28. The van der Waals surface area contributed by atoms with E-state index < -0.39 is 0 Å². The molecule has 0 bridgehead atoms. The average Bonchev–Trinajstić information content (AvgIpc) is 2.74. The van der Waals surface area contributed by atoms with Crippen molar-refractivity contribution in [3.63, 3.8) is 0 Å². The van der Waals surface area contributed by atoms with Crippen molar-refractivity contribution in [3.8, 4) is 11.5 Å². The number of rotatable bonds is 3. The topological polar surface area (TPSA) is 38.7 Å². The van der Waals surface area contributed by atoms with Crippen LogP contribution in [0.5, 0.6) is 11.5 Å². The lowest BCUT2D eigenvalue weighted by Gasteiger charge is -2.16. The second kappa shape index (κ2) is 4.74. The van der Waals surface area contributed by atoms with Gasteiger partial charge in [-0.2, -0.15) is 0 Å². The molecule has 3 nitrogen and oxygen atoms in total. The van der Waals surface area contributed by atoms with Gasteiger partial charge in [-0.05, 0) is 30.5 Å². The van der Waals surface area contributed by atoms with E-state index >= 15 is 0 Å². The normalized spacial score (nSPS) is 24.4. The molecule has 1 aromatic rings. The molecule has 0 unspecified atom stereocenters. The number of aliphatic hydroxyl groups excluding tert-OH is 1. The van der Waals surface area contributed by atoms with Gasteiger partial charge in [-0.15, -0.1) is 0 Å². The van der Waals surface area contributed by atoms with Gasteiger partial charge in [0.05, 0.1) is 20.3 Å². The molecule has 3 heteroatoms. The molecule has 1 saturated carbocycles. The molecule has 0 radical (unpaired) electrons. The molecule has 0 aliphatic heterocycles. The van der Waals surface area contributed by atoms with Crippen LogP contribution in [-0.2, 0) is 0 Å². The summed E-state index contributed by atoms with van der Waals surface area (Å²) in [6.45, 7) is 0. The second-order valence-electron chi connectivity index (χ2n) is 4.25. The van der Waals surface area contributed by atoms with Gasteiger partial charge in [0.25, 0.3) is 0 Å². The largest absolute Gasteiger partial charge is 0.497 e. The minimum absolute atomic E-state index is 0.225. The number of hydrogen-bond acceptors (Lipinski definition) is 3. The van der Waals surface area contributed by atoms with Crippen LogP contribution in [0.15, 0.2) is 18.2 Å². The third-order valence-electron chi connectivity index (χ3n) is 3.28. The molecule has 0 heterocycles. The van der Waals surface area contributed by atoms with Gasteiger partial charge in [-0.25, -0.2) is 0 Å². The fourth-order valence-electron chi connectivity index (χ4n) is 2.37. The summed E-state index contributed by atoms with van der Waals surface area (Å²) >= 11 is 0. The Balaban J connectivity index is 2.31. The summed E-state index contributed by atoms with van der Waals surface area (Å²) < 4.78 is 10.5. The molecule has 88 valence electrons. The number of aliphatic hydroxyl groups is 1. The first-order valence-electron chi connectivity index (χ1n) is 5.65. The zero-order chi connectivity index (χ0) is 11.5. The maximum Gasteiger partial charge on any atom is 0.122 e. The molecule has 0 saturated heterocycles. The molecule has 1 fully saturated rings. The van der Waals surface area contributed by atoms with E-state index in [1.807, 2.05) is 18.2 Å². The van der Waals surface area contributed by atoms with Gasteiger partial charge in [0.2, 0.25) is 0 Å². The van der Waals surface area contributed by atoms with Crippen molar-refractivity contribution >= 4 is 0 Å². The van der Waals surface area contributed by atoms with Gasteiger partial charge in [-0.1, -0.05) is 6.42 Å². The van der Waals surface area contributed by atoms with Crippen LogP contribution in [-0.4, -0.2) is 25.4 Å². The second-order valence-corrected chi connectivity index (χ2v) is 4.25. The van der Waals surface area contributed by atoms with Crippen LogP contribution in [0.3, 0.4) is 0 Å². The van der Waals surface area contributed by atoms with Crippen molar-refractivity contribution in [1.29, 1.82) is 0 Å². The van der Waals surface area contributed by atoms with Gasteiger partial charge in [0.1, 0.15) is 11.5 Å². The summed E-state index contributed by atoms with van der Waals surface area (Å²) in [5.41, 5.74) is 1.11. The first-order chi connectivity index (χ1) is 7.74. The lowest BCUT2D eigenvalue weighted by Crippen LogP contribution is -2.11. The molecule has 0 aromatic heterocycles. The van der Waals surface area contributed by atoms with Crippen molar-refractivity contribution in [2.75, 3.05) is 14.2 Å². The number of hydrogen-bond donors (Lipinski definition) is 1. The Hall–Kier alpha value is -1.22. The molecular formula is C13H18O3. The van der Waals surface area contributed by atoms with E-state index in [1.54, 1.807) is 14.2 Å². The van der Waals surface area contributed by atoms with Crippen molar-refractivity contribution in [1.82, 2.24) is 0 Å². The van der Waals surface area contributed by atoms with Crippen LogP contribution < -0.4 is 9.47 Å². The summed E-state index contributed by atoms with van der Waals surface area (Å²) in [5.74, 6) is 1.80. The molecular weight excluding hydrogens is 204 g/mol. The maximum absolute atomic E-state index is 9.89.